The van der Waals surface area contributed by atoms with Gasteiger partial charge in [0.2, 0.25) is 5.96 Å². The first-order valence-electron chi connectivity index (χ1n) is 9.77. The van der Waals surface area contributed by atoms with Gasteiger partial charge in [-0.1, -0.05) is 12.8 Å². The van der Waals surface area contributed by atoms with E-state index in [9.17, 15) is 9.59 Å². The third kappa shape index (κ3) is 12.8. The minimum absolute atomic E-state index is 0.101. The van der Waals surface area contributed by atoms with E-state index in [1.54, 1.807) is 0 Å². The van der Waals surface area contributed by atoms with Crippen LogP contribution in [0.1, 0.15) is 45.4 Å². The van der Waals surface area contributed by atoms with Crippen molar-refractivity contribution in [3.05, 3.63) is 0 Å². The van der Waals surface area contributed by atoms with Crippen molar-refractivity contribution in [2.45, 2.75) is 45.4 Å². The Morgan fingerprint density at radius 3 is 2.11 bits per heavy atom. The number of hydrogen-bond acceptors (Lipinski definition) is 5. The second-order valence-electron chi connectivity index (χ2n) is 6.94. The van der Waals surface area contributed by atoms with Gasteiger partial charge in [0.25, 0.3) is 0 Å². The van der Waals surface area contributed by atoms with Gasteiger partial charge in [0.1, 0.15) is 0 Å². The van der Waals surface area contributed by atoms with Crippen LogP contribution in [-0.4, -0.2) is 75.5 Å². The van der Waals surface area contributed by atoms with Gasteiger partial charge in [-0.25, -0.2) is 14.6 Å². The van der Waals surface area contributed by atoms with E-state index in [0.29, 0.717) is 32.1 Å². The first-order chi connectivity index (χ1) is 13.0. The van der Waals surface area contributed by atoms with Crippen LogP contribution in [0.4, 0.5) is 9.59 Å². The van der Waals surface area contributed by atoms with Crippen LogP contribution in [0.15, 0.2) is 9.98 Å². The van der Waals surface area contributed by atoms with Crippen molar-refractivity contribution in [2.24, 2.45) is 9.98 Å². The largest absolute Gasteiger partial charge is 0.338 e. The Hall–Kier alpha value is -2.16. The highest BCUT2D eigenvalue weighted by atomic mass is 16.2. The Bertz CT molecular complexity index is 518. The fourth-order valence-electron chi connectivity index (χ4n) is 2.48. The molecule has 9 heteroatoms. The fraction of sp³-hybridized carbons (Fsp3) is 0.778. The van der Waals surface area contributed by atoms with Gasteiger partial charge in [-0.3, -0.25) is 10.3 Å². The summed E-state index contributed by atoms with van der Waals surface area (Å²) in [7, 11) is 4.03. The van der Waals surface area contributed by atoms with E-state index in [0.717, 1.165) is 50.8 Å². The van der Waals surface area contributed by atoms with Crippen LogP contribution in [0.3, 0.4) is 0 Å². The van der Waals surface area contributed by atoms with E-state index in [1.807, 2.05) is 21.0 Å². The monoisotopic (exact) mass is 381 g/mol. The number of rotatable bonds is 11. The van der Waals surface area contributed by atoms with Gasteiger partial charge in [0.05, 0.1) is 0 Å². The van der Waals surface area contributed by atoms with Crippen molar-refractivity contribution >= 4 is 23.7 Å². The second kappa shape index (κ2) is 14.0. The molecule has 4 N–H and O–H groups in total. The number of carbonyl (C=O) groups is 2. The first kappa shape index (κ1) is 22.9. The van der Waals surface area contributed by atoms with Gasteiger partial charge in [0, 0.05) is 38.3 Å². The number of guanidine groups is 1. The lowest BCUT2D eigenvalue weighted by molar-refractivity contribution is 0.239. The Labute approximate surface area is 162 Å². The maximum Gasteiger partial charge on any atom is 0.321 e. The average Bonchev–Trinajstić information content (AvgIpc) is 2.61. The molecule has 1 aliphatic rings. The lowest BCUT2D eigenvalue weighted by Crippen LogP contribution is -2.40. The molecule has 27 heavy (non-hydrogen) atoms. The van der Waals surface area contributed by atoms with Crippen LogP contribution in [0.5, 0.6) is 0 Å². The normalized spacial score (nSPS) is 13.6. The summed E-state index contributed by atoms with van der Waals surface area (Å²) in [6.07, 6.45) is 5.64. The van der Waals surface area contributed by atoms with E-state index >= 15 is 0 Å². The maximum absolute atomic E-state index is 11.7. The molecule has 0 aliphatic carbocycles. The van der Waals surface area contributed by atoms with E-state index in [2.05, 4.69) is 36.2 Å². The SMILES string of the molecule is CC1=NC(NC(=O)NCCCCCCNC(=O)NCCCN(C)C)=NCC1. The molecule has 1 heterocycles. The summed E-state index contributed by atoms with van der Waals surface area (Å²) in [4.78, 5) is 33.8. The average molecular weight is 382 g/mol. The van der Waals surface area contributed by atoms with Crippen molar-refractivity contribution in [3.63, 3.8) is 0 Å². The molecular weight excluding hydrogens is 346 g/mol. The van der Waals surface area contributed by atoms with Gasteiger partial charge in [-0.05, 0) is 46.8 Å². The molecule has 154 valence electrons. The van der Waals surface area contributed by atoms with E-state index < -0.39 is 0 Å². The number of amides is 4. The summed E-state index contributed by atoms with van der Waals surface area (Å²) < 4.78 is 0. The quantitative estimate of drug-likeness (QED) is 0.405. The Balaban J connectivity index is 1.90. The van der Waals surface area contributed by atoms with Crippen LogP contribution in [0.25, 0.3) is 0 Å². The number of hydrogen-bond donors (Lipinski definition) is 4. The number of unbranched alkanes of at least 4 members (excludes halogenated alkanes) is 3. The maximum atomic E-state index is 11.7. The molecule has 0 spiro atoms. The molecule has 0 saturated carbocycles. The number of nitrogens with one attached hydrogen (secondary N) is 4. The number of carbonyl (C=O) groups excluding carboxylic acids is 2. The first-order valence-corrected chi connectivity index (χ1v) is 9.77. The summed E-state index contributed by atoms with van der Waals surface area (Å²) in [6.45, 7) is 5.54. The van der Waals surface area contributed by atoms with Crippen LogP contribution in [0.2, 0.25) is 0 Å². The highest BCUT2D eigenvalue weighted by Crippen LogP contribution is 1.98. The standard InChI is InChI=1S/C18H35N7O2/c1-15-9-13-19-16(23-15)24-18(27)22-11-7-5-4-6-10-20-17(26)21-12-8-14-25(2)3/h4-14H2,1-3H3,(H2,20,21,26)(H2,19,22,24,27). The number of nitrogens with zero attached hydrogens (tertiary/aromatic N) is 3. The molecule has 9 nitrogen and oxygen atoms in total. The zero-order chi connectivity index (χ0) is 19.9. The van der Waals surface area contributed by atoms with Crippen LogP contribution in [-0.2, 0) is 0 Å². The van der Waals surface area contributed by atoms with Crippen molar-refractivity contribution in [1.29, 1.82) is 0 Å². The van der Waals surface area contributed by atoms with Gasteiger partial charge in [0.15, 0.2) is 0 Å². The van der Waals surface area contributed by atoms with Gasteiger partial charge in [-0.15, -0.1) is 0 Å². The summed E-state index contributed by atoms with van der Waals surface area (Å²) in [5.41, 5.74) is 0.983. The minimum Gasteiger partial charge on any atom is -0.338 e. The van der Waals surface area contributed by atoms with Crippen LogP contribution >= 0.6 is 0 Å². The minimum atomic E-state index is -0.264. The molecule has 1 aliphatic heterocycles. The smallest absolute Gasteiger partial charge is 0.321 e. The fourth-order valence-corrected chi connectivity index (χ4v) is 2.48. The Kier molecular flexibility index (Phi) is 11.8. The van der Waals surface area contributed by atoms with E-state index in [4.69, 9.17) is 0 Å². The molecule has 0 fully saturated rings. The summed E-state index contributed by atoms with van der Waals surface area (Å²) in [5.74, 6) is 0.391. The molecule has 0 aromatic carbocycles. The third-order valence-electron chi connectivity index (χ3n) is 4.00. The summed E-state index contributed by atoms with van der Waals surface area (Å²) in [5, 5.41) is 11.2. The highest BCUT2D eigenvalue weighted by Gasteiger charge is 2.08. The molecule has 0 bridgehead atoms. The predicted octanol–water partition coefficient (Wildman–Crippen LogP) is 1.32. The van der Waals surface area contributed by atoms with Crippen LogP contribution in [0, 0.1) is 0 Å². The molecule has 1 rings (SSSR count). The predicted molar refractivity (Wildman–Crippen MR) is 110 cm³/mol. The second-order valence-corrected chi connectivity index (χ2v) is 6.94. The number of urea groups is 2. The van der Waals surface area contributed by atoms with E-state index in [-0.39, 0.29) is 12.1 Å². The molecule has 0 saturated heterocycles. The third-order valence-corrected chi connectivity index (χ3v) is 4.00. The van der Waals surface area contributed by atoms with Crippen molar-refractivity contribution in [2.75, 3.05) is 46.8 Å². The van der Waals surface area contributed by atoms with Crippen LogP contribution < -0.4 is 21.3 Å². The molecule has 0 unspecified atom stereocenters. The summed E-state index contributed by atoms with van der Waals surface area (Å²) >= 11 is 0. The molecule has 0 atom stereocenters. The van der Waals surface area contributed by atoms with Crippen molar-refractivity contribution < 1.29 is 9.59 Å². The van der Waals surface area contributed by atoms with Gasteiger partial charge >= 0.3 is 12.1 Å². The molecule has 0 aromatic rings. The van der Waals surface area contributed by atoms with E-state index in [1.165, 1.54) is 0 Å². The molecule has 0 aromatic heterocycles. The Morgan fingerprint density at radius 2 is 1.52 bits per heavy atom. The zero-order valence-corrected chi connectivity index (χ0v) is 16.9. The molecule has 4 amide bonds. The lowest BCUT2D eigenvalue weighted by Gasteiger charge is -2.11. The molecular formula is C18H35N7O2. The highest BCUT2D eigenvalue weighted by molar-refractivity contribution is 6.04. The lowest BCUT2D eigenvalue weighted by atomic mass is 10.2. The van der Waals surface area contributed by atoms with Crippen molar-refractivity contribution in [1.82, 2.24) is 26.2 Å². The van der Waals surface area contributed by atoms with Crippen molar-refractivity contribution in [3.8, 4) is 0 Å². The van der Waals surface area contributed by atoms with Gasteiger partial charge < -0.3 is 20.9 Å². The number of aliphatic imine (C=N–C) groups is 2. The zero-order valence-electron chi connectivity index (χ0n) is 16.9. The van der Waals surface area contributed by atoms with Gasteiger partial charge in [-0.2, -0.15) is 0 Å². The Morgan fingerprint density at radius 1 is 0.926 bits per heavy atom. The summed E-state index contributed by atoms with van der Waals surface area (Å²) in [6, 6.07) is -0.365. The molecule has 0 radical (unpaired) electrons. The topological polar surface area (TPSA) is 110 Å².